The van der Waals surface area contributed by atoms with E-state index in [0.717, 1.165) is 33.8 Å². The molecule has 1 heterocycles. The fraction of sp³-hybridized carbons (Fsp3) is 0.348. The second kappa shape index (κ2) is 7.81. The molecule has 0 N–H and O–H groups in total. The molecule has 0 unspecified atom stereocenters. The van der Waals surface area contributed by atoms with Gasteiger partial charge in [0, 0.05) is 10.5 Å². The quantitative estimate of drug-likeness (QED) is 0.353. The number of nitro groups is 1. The first-order chi connectivity index (χ1) is 15.4. The lowest BCUT2D eigenvalue weighted by molar-refractivity contribution is -0.385. The van der Waals surface area contributed by atoms with E-state index in [9.17, 15) is 24.5 Å². The first-order valence-corrected chi connectivity index (χ1v) is 11.3. The molecule has 9 heteroatoms. The standard InChI is InChI=1S/C23H20BrN3O5/c24-16-9-5-13(6-10-16)12-25(21(28)17-3-1-2-4-18(17)27(31)32)26-22(29)19-14-7-8-15(11-14)20(19)23(26)30/h1-6,9-10,14-15,19-20H,7-8,11-12H2/t14-,15-,19-,20+/m0/s1. The number of fused-ring (bicyclic) bond motifs is 5. The highest BCUT2D eigenvalue weighted by atomic mass is 79.9. The first-order valence-electron chi connectivity index (χ1n) is 10.5. The summed E-state index contributed by atoms with van der Waals surface area (Å²) in [5.41, 5.74) is 0.175. The van der Waals surface area contributed by atoms with Gasteiger partial charge in [-0.25, -0.2) is 5.01 Å². The maximum atomic E-state index is 13.6. The highest BCUT2D eigenvalue weighted by Crippen LogP contribution is 2.56. The van der Waals surface area contributed by atoms with E-state index in [1.54, 1.807) is 24.3 Å². The van der Waals surface area contributed by atoms with Crippen LogP contribution in [-0.2, 0) is 16.1 Å². The number of carbonyl (C=O) groups excluding carboxylic acids is 3. The van der Waals surface area contributed by atoms with Crippen molar-refractivity contribution in [3.63, 3.8) is 0 Å². The van der Waals surface area contributed by atoms with Gasteiger partial charge in [0.1, 0.15) is 5.56 Å². The summed E-state index contributed by atoms with van der Waals surface area (Å²) in [6.45, 7) is -0.0512. The van der Waals surface area contributed by atoms with Gasteiger partial charge >= 0.3 is 0 Å². The molecule has 0 radical (unpaired) electrons. The molecule has 3 fully saturated rings. The number of halogens is 1. The first kappa shape index (κ1) is 20.8. The van der Waals surface area contributed by atoms with E-state index in [1.165, 1.54) is 24.3 Å². The zero-order valence-corrected chi connectivity index (χ0v) is 18.6. The zero-order chi connectivity index (χ0) is 22.6. The SMILES string of the molecule is O=C(c1ccccc1[N+](=O)[O-])N(Cc1ccc(Br)cc1)N1C(=O)[C@@H]2[C@H]3CC[C@@H](C3)[C@@H]2C1=O. The number of imide groups is 1. The van der Waals surface area contributed by atoms with E-state index in [4.69, 9.17) is 0 Å². The molecule has 0 aromatic heterocycles. The fourth-order valence-corrected chi connectivity index (χ4v) is 5.84. The van der Waals surface area contributed by atoms with Gasteiger partial charge in [-0.05, 0) is 54.9 Å². The van der Waals surface area contributed by atoms with Crippen LogP contribution in [0.25, 0.3) is 0 Å². The number of rotatable bonds is 5. The van der Waals surface area contributed by atoms with E-state index >= 15 is 0 Å². The molecule has 2 aromatic rings. The monoisotopic (exact) mass is 497 g/mol. The molecule has 3 aliphatic rings. The Balaban J connectivity index is 1.55. The van der Waals surface area contributed by atoms with Crippen molar-refractivity contribution in [2.75, 3.05) is 0 Å². The number of amides is 3. The Hall–Kier alpha value is -3.07. The van der Waals surface area contributed by atoms with E-state index in [-0.39, 0.29) is 41.4 Å². The Morgan fingerprint density at radius 1 is 1.03 bits per heavy atom. The number of carbonyl (C=O) groups is 3. The van der Waals surface area contributed by atoms with E-state index in [0.29, 0.717) is 5.56 Å². The molecule has 164 valence electrons. The van der Waals surface area contributed by atoms with Gasteiger partial charge in [0.15, 0.2) is 0 Å². The molecular weight excluding hydrogens is 478 g/mol. The van der Waals surface area contributed by atoms with Crippen LogP contribution in [0.3, 0.4) is 0 Å². The number of hydrogen-bond acceptors (Lipinski definition) is 5. The van der Waals surface area contributed by atoms with Crippen molar-refractivity contribution in [2.45, 2.75) is 25.8 Å². The molecule has 2 aromatic carbocycles. The lowest BCUT2D eigenvalue weighted by atomic mass is 9.81. The number of para-hydroxylation sites is 1. The number of benzene rings is 2. The van der Waals surface area contributed by atoms with Crippen molar-refractivity contribution in [1.82, 2.24) is 10.0 Å². The van der Waals surface area contributed by atoms with Crippen molar-refractivity contribution in [1.29, 1.82) is 0 Å². The smallest absolute Gasteiger partial charge is 0.272 e. The number of hydrogen-bond donors (Lipinski definition) is 0. The number of hydrazine groups is 1. The van der Waals surface area contributed by atoms with Crippen LogP contribution in [0.1, 0.15) is 35.2 Å². The predicted molar refractivity (Wildman–Crippen MR) is 117 cm³/mol. The van der Waals surface area contributed by atoms with Crippen LogP contribution in [0.5, 0.6) is 0 Å². The minimum absolute atomic E-state index is 0.0512. The second-order valence-corrected chi connectivity index (χ2v) is 9.55. The Kier molecular flexibility index (Phi) is 5.08. The molecule has 2 aliphatic carbocycles. The Labute approximate surface area is 192 Å². The zero-order valence-electron chi connectivity index (χ0n) is 17.0. The van der Waals surface area contributed by atoms with Crippen molar-refractivity contribution in [3.05, 3.63) is 74.2 Å². The van der Waals surface area contributed by atoms with E-state index in [1.807, 2.05) is 0 Å². The molecule has 5 rings (SSSR count). The molecule has 2 saturated carbocycles. The summed E-state index contributed by atoms with van der Waals surface area (Å²) in [6, 6.07) is 12.7. The van der Waals surface area contributed by atoms with Gasteiger partial charge in [0.05, 0.1) is 23.3 Å². The average molecular weight is 498 g/mol. The highest BCUT2D eigenvalue weighted by Gasteiger charge is 2.62. The molecule has 3 amide bonds. The minimum Gasteiger partial charge on any atom is -0.272 e. The van der Waals surface area contributed by atoms with Crippen LogP contribution in [-0.4, -0.2) is 32.7 Å². The van der Waals surface area contributed by atoms with Gasteiger partial charge in [0.2, 0.25) is 0 Å². The Morgan fingerprint density at radius 2 is 1.62 bits per heavy atom. The Morgan fingerprint density at radius 3 is 2.22 bits per heavy atom. The van der Waals surface area contributed by atoms with Gasteiger partial charge in [-0.15, -0.1) is 0 Å². The predicted octanol–water partition coefficient (Wildman–Crippen LogP) is 3.95. The van der Waals surface area contributed by atoms with Crippen molar-refractivity contribution in [2.24, 2.45) is 23.7 Å². The largest absolute Gasteiger partial charge is 0.282 e. The summed E-state index contributed by atoms with van der Waals surface area (Å²) >= 11 is 3.37. The van der Waals surface area contributed by atoms with Crippen LogP contribution >= 0.6 is 15.9 Å². The third-order valence-electron chi connectivity index (χ3n) is 6.96. The van der Waals surface area contributed by atoms with Gasteiger partial charge in [0.25, 0.3) is 23.4 Å². The molecule has 1 aliphatic heterocycles. The Bertz CT molecular complexity index is 1110. The van der Waals surface area contributed by atoms with Crippen molar-refractivity contribution < 1.29 is 19.3 Å². The van der Waals surface area contributed by atoms with Gasteiger partial charge in [-0.3, -0.25) is 24.5 Å². The summed E-state index contributed by atoms with van der Waals surface area (Å²) < 4.78 is 0.845. The van der Waals surface area contributed by atoms with Crippen LogP contribution < -0.4 is 0 Å². The molecule has 8 nitrogen and oxygen atoms in total. The number of nitro benzene ring substituents is 1. The maximum Gasteiger partial charge on any atom is 0.282 e. The van der Waals surface area contributed by atoms with Crippen molar-refractivity contribution in [3.8, 4) is 0 Å². The van der Waals surface area contributed by atoms with Crippen LogP contribution in [0, 0.1) is 33.8 Å². The summed E-state index contributed by atoms with van der Waals surface area (Å²) in [7, 11) is 0. The normalized spacial score (nSPS) is 25.8. The van der Waals surface area contributed by atoms with Crippen molar-refractivity contribution >= 4 is 39.3 Å². The molecule has 1 saturated heterocycles. The lowest BCUT2D eigenvalue weighted by Crippen LogP contribution is -2.50. The fourth-order valence-electron chi connectivity index (χ4n) is 5.58. The second-order valence-electron chi connectivity index (χ2n) is 8.64. The molecule has 0 spiro atoms. The van der Waals surface area contributed by atoms with Crippen LogP contribution in [0.4, 0.5) is 5.69 Å². The molecular formula is C23H20BrN3O5. The highest BCUT2D eigenvalue weighted by molar-refractivity contribution is 9.10. The van der Waals surface area contributed by atoms with Crippen LogP contribution in [0.15, 0.2) is 53.0 Å². The summed E-state index contributed by atoms with van der Waals surface area (Å²) in [5, 5.41) is 13.6. The third-order valence-corrected chi connectivity index (χ3v) is 7.49. The lowest BCUT2D eigenvalue weighted by Gasteiger charge is -2.31. The van der Waals surface area contributed by atoms with Crippen LogP contribution in [0.2, 0.25) is 0 Å². The molecule has 32 heavy (non-hydrogen) atoms. The topological polar surface area (TPSA) is 101 Å². The molecule has 2 bridgehead atoms. The maximum absolute atomic E-state index is 13.6. The van der Waals surface area contributed by atoms with Gasteiger partial charge < -0.3 is 0 Å². The van der Waals surface area contributed by atoms with E-state index < -0.39 is 22.7 Å². The summed E-state index contributed by atoms with van der Waals surface area (Å²) in [4.78, 5) is 51.3. The van der Waals surface area contributed by atoms with Gasteiger partial charge in [-0.2, -0.15) is 5.01 Å². The van der Waals surface area contributed by atoms with E-state index in [2.05, 4.69) is 15.9 Å². The molecule has 4 atom stereocenters. The summed E-state index contributed by atoms with van der Waals surface area (Å²) in [6.07, 6.45) is 2.72. The minimum atomic E-state index is -0.741. The van der Waals surface area contributed by atoms with Gasteiger partial charge in [-0.1, -0.05) is 40.2 Å². The number of nitrogens with zero attached hydrogens (tertiary/aromatic N) is 3. The third kappa shape index (κ3) is 3.23. The average Bonchev–Trinajstić information content (AvgIpc) is 3.47. The summed E-state index contributed by atoms with van der Waals surface area (Å²) in [5.74, 6) is -1.93.